The topological polar surface area (TPSA) is 73.0 Å². The molecule has 0 atom stereocenters. The zero-order valence-electron chi connectivity index (χ0n) is 14.8. The summed E-state index contributed by atoms with van der Waals surface area (Å²) < 4.78 is 20.3. The van der Waals surface area contributed by atoms with Gasteiger partial charge in [-0.3, -0.25) is 9.36 Å². The Morgan fingerprint density at radius 1 is 1.25 bits per heavy atom. The lowest BCUT2D eigenvalue weighted by atomic mass is 10.1. The molecule has 0 unspecified atom stereocenters. The van der Waals surface area contributed by atoms with Gasteiger partial charge in [0.2, 0.25) is 5.91 Å². The number of carbonyl (C=O) groups excluding carboxylic acids is 1. The van der Waals surface area contributed by atoms with E-state index in [9.17, 15) is 9.18 Å². The Hall–Kier alpha value is -3.13. The zero-order chi connectivity index (χ0) is 19.3. The summed E-state index contributed by atoms with van der Waals surface area (Å²) in [6.07, 6.45) is 10.8. The largest absolute Gasteiger partial charge is 0.472 e. The molecule has 1 aliphatic rings. The van der Waals surface area contributed by atoms with E-state index >= 15 is 0 Å². The number of aromatic nitrogens is 3. The summed E-state index contributed by atoms with van der Waals surface area (Å²) in [5.41, 5.74) is 2.35. The summed E-state index contributed by atoms with van der Waals surface area (Å²) in [5, 5.41) is 11.9. The normalized spacial score (nSPS) is 13.4. The smallest absolute Gasteiger partial charge is 0.234 e. The fraction of sp³-hybridized carbons (Fsp3) is 0.150. The lowest BCUT2D eigenvalue weighted by Gasteiger charge is -2.11. The first-order chi connectivity index (χ1) is 13.7. The number of amides is 1. The van der Waals surface area contributed by atoms with Gasteiger partial charge in [-0.05, 0) is 49.2 Å². The summed E-state index contributed by atoms with van der Waals surface area (Å²) in [5.74, 6) is 0.310. The van der Waals surface area contributed by atoms with Crippen LogP contribution in [0.3, 0.4) is 0 Å². The number of rotatable bonds is 6. The van der Waals surface area contributed by atoms with E-state index in [0.29, 0.717) is 16.7 Å². The fourth-order valence-corrected chi connectivity index (χ4v) is 3.57. The monoisotopic (exact) mass is 396 g/mol. The average molecular weight is 396 g/mol. The van der Waals surface area contributed by atoms with Crippen LogP contribution in [0.4, 0.5) is 4.39 Å². The molecule has 0 bridgehead atoms. The third-order valence-corrected chi connectivity index (χ3v) is 5.07. The number of hydrogen-bond acceptors (Lipinski definition) is 5. The summed E-state index contributed by atoms with van der Waals surface area (Å²) in [6, 6.07) is 7.81. The zero-order valence-corrected chi connectivity index (χ0v) is 15.7. The highest BCUT2D eigenvalue weighted by Crippen LogP contribution is 2.28. The standard InChI is InChI=1S/C20H17FN4O2S/c21-15-6-8-17(9-7-15)25-19(14-10-11-27-12-14)23-24-20(25)28-13-18(26)22-16-4-2-1-3-5-16/h1-2,4,6-12H,3,5,13H2,(H,22,26). The maximum atomic E-state index is 13.4. The lowest BCUT2D eigenvalue weighted by Crippen LogP contribution is -2.25. The summed E-state index contributed by atoms with van der Waals surface area (Å²) in [4.78, 5) is 12.3. The number of allylic oxidation sites excluding steroid dienone is 4. The molecule has 2 heterocycles. The van der Waals surface area contributed by atoms with Gasteiger partial charge in [-0.1, -0.05) is 23.9 Å². The number of furan rings is 1. The van der Waals surface area contributed by atoms with Crippen LogP contribution in [0, 0.1) is 5.82 Å². The number of nitrogens with one attached hydrogen (secondary N) is 1. The molecule has 0 fully saturated rings. The second-order valence-corrected chi connectivity index (χ2v) is 7.07. The maximum absolute atomic E-state index is 13.4. The molecule has 0 spiro atoms. The van der Waals surface area contributed by atoms with E-state index in [2.05, 4.69) is 21.6 Å². The first-order valence-electron chi connectivity index (χ1n) is 8.73. The number of thioether (sulfide) groups is 1. The van der Waals surface area contributed by atoms with E-state index in [1.54, 1.807) is 35.3 Å². The molecule has 1 aromatic carbocycles. The quantitative estimate of drug-likeness (QED) is 0.635. The molecule has 0 saturated carbocycles. The van der Waals surface area contributed by atoms with Crippen molar-refractivity contribution in [1.82, 2.24) is 20.1 Å². The van der Waals surface area contributed by atoms with Crippen LogP contribution < -0.4 is 5.32 Å². The summed E-state index contributed by atoms with van der Waals surface area (Å²) in [7, 11) is 0. The molecule has 0 aliphatic heterocycles. The van der Waals surface area contributed by atoms with Gasteiger partial charge in [-0.25, -0.2) is 4.39 Å². The van der Waals surface area contributed by atoms with Gasteiger partial charge in [0.15, 0.2) is 11.0 Å². The van der Waals surface area contributed by atoms with Crippen molar-refractivity contribution in [1.29, 1.82) is 0 Å². The van der Waals surface area contributed by atoms with Crippen LogP contribution >= 0.6 is 11.8 Å². The Bertz CT molecular complexity index is 1020. The molecule has 8 heteroatoms. The summed E-state index contributed by atoms with van der Waals surface area (Å²) in [6.45, 7) is 0. The molecule has 0 saturated heterocycles. The van der Waals surface area contributed by atoms with Crippen LogP contribution in [0.2, 0.25) is 0 Å². The minimum Gasteiger partial charge on any atom is -0.472 e. The van der Waals surface area contributed by atoms with Crippen LogP contribution in [0.15, 0.2) is 76.4 Å². The van der Waals surface area contributed by atoms with Gasteiger partial charge in [0, 0.05) is 11.4 Å². The number of benzene rings is 1. The van der Waals surface area contributed by atoms with Crippen LogP contribution in [0.1, 0.15) is 12.8 Å². The van der Waals surface area contributed by atoms with E-state index in [1.165, 1.54) is 23.9 Å². The number of hydrogen-bond donors (Lipinski definition) is 1. The van der Waals surface area contributed by atoms with E-state index < -0.39 is 0 Å². The maximum Gasteiger partial charge on any atom is 0.234 e. The van der Waals surface area contributed by atoms with Crippen molar-refractivity contribution < 1.29 is 13.6 Å². The van der Waals surface area contributed by atoms with Gasteiger partial charge >= 0.3 is 0 Å². The third kappa shape index (κ3) is 4.07. The Kier molecular flexibility index (Phi) is 5.38. The predicted molar refractivity (Wildman–Crippen MR) is 104 cm³/mol. The molecule has 1 aliphatic carbocycles. The Labute approximate surface area is 165 Å². The van der Waals surface area contributed by atoms with Crippen molar-refractivity contribution in [2.75, 3.05) is 5.75 Å². The molecular weight excluding hydrogens is 379 g/mol. The highest BCUT2D eigenvalue weighted by molar-refractivity contribution is 7.99. The van der Waals surface area contributed by atoms with Crippen molar-refractivity contribution in [2.45, 2.75) is 18.0 Å². The van der Waals surface area contributed by atoms with Crippen LogP contribution in [0.5, 0.6) is 0 Å². The van der Waals surface area contributed by atoms with E-state index in [-0.39, 0.29) is 17.5 Å². The minimum atomic E-state index is -0.329. The number of nitrogens with zero attached hydrogens (tertiary/aromatic N) is 3. The third-order valence-electron chi connectivity index (χ3n) is 4.14. The molecule has 2 aromatic heterocycles. The van der Waals surface area contributed by atoms with Gasteiger partial charge in [-0.2, -0.15) is 0 Å². The molecule has 4 rings (SSSR count). The van der Waals surface area contributed by atoms with Crippen LogP contribution in [-0.2, 0) is 4.79 Å². The Morgan fingerprint density at radius 2 is 2.11 bits per heavy atom. The first-order valence-corrected chi connectivity index (χ1v) is 9.71. The van der Waals surface area contributed by atoms with Gasteiger partial charge in [-0.15, -0.1) is 10.2 Å². The molecule has 28 heavy (non-hydrogen) atoms. The highest BCUT2D eigenvalue weighted by Gasteiger charge is 2.18. The van der Waals surface area contributed by atoms with Gasteiger partial charge in [0.1, 0.15) is 12.1 Å². The Morgan fingerprint density at radius 3 is 2.82 bits per heavy atom. The van der Waals surface area contributed by atoms with Crippen LogP contribution in [0.25, 0.3) is 17.1 Å². The molecule has 0 radical (unpaired) electrons. The summed E-state index contributed by atoms with van der Waals surface area (Å²) >= 11 is 1.27. The van der Waals surface area contributed by atoms with Gasteiger partial charge in [0.05, 0.1) is 17.6 Å². The molecule has 1 N–H and O–H groups in total. The SMILES string of the molecule is O=C(CSc1nnc(-c2ccoc2)n1-c1ccc(F)cc1)NC1=CC=CCC1. The van der Waals surface area contributed by atoms with E-state index in [4.69, 9.17) is 4.42 Å². The second-order valence-electron chi connectivity index (χ2n) is 6.13. The van der Waals surface area contributed by atoms with E-state index in [1.807, 2.05) is 12.2 Å². The van der Waals surface area contributed by atoms with Crippen molar-refractivity contribution in [3.63, 3.8) is 0 Å². The molecule has 142 valence electrons. The van der Waals surface area contributed by atoms with Crippen molar-refractivity contribution in [2.24, 2.45) is 0 Å². The lowest BCUT2D eigenvalue weighted by molar-refractivity contribution is -0.117. The molecule has 6 nitrogen and oxygen atoms in total. The Balaban J connectivity index is 1.56. The molecular formula is C20H17FN4O2S. The first kappa shape index (κ1) is 18.2. The average Bonchev–Trinajstić information content (AvgIpc) is 3.37. The minimum absolute atomic E-state index is 0.106. The second kappa shape index (κ2) is 8.26. The van der Waals surface area contributed by atoms with Crippen molar-refractivity contribution in [3.8, 4) is 17.1 Å². The van der Waals surface area contributed by atoms with Gasteiger partial charge in [0.25, 0.3) is 0 Å². The predicted octanol–water partition coefficient (Wildman–Crippen LogP) is 4.11. The fourth-order valence-electron chi connectivity index (χ4n) is 2.82. The van der Waals surface area contributed by atoms with Gasteiger partial charge < -0.3 is 9.73 Å². The molecule has 3 aromatic rings. The van der Waals surface area contributed by atoms with Crippen molar-refractivity contribution in [3.05, 3.63) is 72.6 Å². The number of carbonyl (C=O) groups is 1. The highest BCUT2D eigenvalue weighted by atomic mass is 32.2. The number of halogens is 1. The molecule has 1 amide bonds. The van der Waals surface area contributed by atoms with E-state index in [0.717, 1.165) is 24.1 Å². The van der Waals surface area contributed by atoms with Crippen LogP contribution in [-0.4, -0.2) is 26.4 Å². The van der Waals surface area contributed by atoms with Crippen molar-refractivity contribution >= 4 is 17.7 Å².